The van der Waals surface area contributed by atoms with Crippen LogP contribution in [0.5, 0.6) is 0 Å². The van der Waals surface area contributed by atoms with E-state index in [1.807, 2.05) is 41.8 Å². The van der Waals surface area contributed by atoms with Crippen LogP contribution in [0.3, 0.4) is 0 Å². The number of amides is 1. The number of carbonyl (C=O) groups excluding carboxylic acids is 1. The smallest absolute Gasteiger partial charge is 0.260 e. The summed E-state index contributed by atoms with van der Waals surface area (Å²) in [6, 6.07) is 9.47. The van der Waals surface area contributed by atoms with Crippen molar-refractivity contribution in [1.82, 2.24) is 14.3 Å². The summed E-state index contributed by atoms with van der Waals surface area (Å²) in [6.45, 7) is 3.88. The number of aromatic nitrogens is 3. The fourth-order valence-electron chi connectivity index (χ4n) is 3.71. The molecule has 7 nitrogen and oxygen atoms in total. The van der Waals surface area contributed by atoms with Crippen LogP contribution < -0.4 is 10.6 Å². The fraction of sp³-hybridized carbons (Fsp3) is 0.435. The number of thioether (sulfide) groups is 1. The molecule has 0 spiro atoms. The zero-order valence-electron chi connectivity index (χ0n) is 19.4. The van der Waals surface area contributed by atoms with Crippen LogP contribution in [0.1, 0.15) is 31.5 Å². The molecule has 12 heteroatoms. The van der Waals surface area contributed by atoms with Gasteiger partial charge in [-0.3, -0.25) is 9.13 Å². The summed E-state index contributed by atoms with van der Waals surface area (Å²) >= 11 is 3.84. The number of anilines is 3. The Morgan fingerprint density at radius 3 is 2.51 bits per heavy atom. The minimum absolute atomic E-state index is 0.227. The van der Waals surface area contributed by atoms with E-state index in [1.54, 1.807) is 17.8 Å². The number of hydrogen-bond acceptors (Lipinski definition) is 6. The second kappa shape index (κ2) is 11.7. The number of aryl methyl sites for hydroxylation is 1. The number of imidazole rings is 1. The third-order valence-corrected chi connectivity index (χ3v) is 8.66. The van der Waals surface area contributed by atoms with Crippen LogP contribution in [0.15, 0.2) is 35.2 Å². The van der Waals surface area contributed by atoms with E-state index >= 15 is 0 Å². The van der Waals surface area contributed by atoms with Crippen LogP contribution in [0.4, 0.5) is 26.0 Å². The number of nitrogens with zero attached hydrogens (tertiary/aromatic N) is 3. The number of para-hydroxylation sites is 1. The lowest BCUT2D eigenvalue weighted by Crippen LogP contribution is -2.18. The van der Waals surface area contributed by atoms with Gasteiger partial charge in [-0.15, -0.1) is 11.8 Å². The van der Waals surface area contributed by atoms with E-state index in [1.165, 1.54) is 19.3 Å². The Morgan fingerprint density at radius 1 is 1.23 bits per heavy atom. The van der Waals surface area contributed by atoms with Crippen molar-refractivity contribution in [2.24, 2.45) is 5.92 Å². The third-order valence-electron chi connectivity index (χ3n) is 5.72. The SMILES string of the molecule is C1CCOCC1.CSc1ccccc1Nc1cc(NC(=O)C2CC2(F)F)nc2c1nc(C)n2PI. The Kier molecular flexibility index (Phi) is 8.83. The number of hydrogen-bond donors (Lipinski definition) is 2. The number of alkyl halides is 2. The molecular formula is C23H27F2IN5O2PS. The summed E-state index contributed by atoms with van der Waals surface area (Å²) in [7, 11) is 0. The molecule has 35 heavy (non-hydrogen) atoms. The average molecular weight is 633 g/mol. The zero-order chi connectivity index (χ0) is 25.0. The van der Waals surface area contributed by atoms with Crippen LogP contribution in [0.2, 0.25) is 0 Å². The van der Waals surface area contributed by atoms with Crippen molar-refractivity contribution in [1.29, 1.82) is 0 Å². The summed E-state index contributed by atoms with van der Waals surface area (Å²) in [5, 5.41) is 5.92. The van der Waals surface area contributed by atoms with Crippen LogP contribution in [0, 0.1) is 12.8 Å². The minimum Gasteiger partial charge on any atom is -0.381 e. The lowest BCUT2D eigenvalue weighted by molar-refractivity contribution is -0.119. The molecule has 0 bridgehead atoms. The number of benzene rings is 1. The van der Waals surface area contributed by atoms with Gasteiger partial charge >= 0.3 is 0 Å². The summed E-state index contributed by atoms with van der Waals surface area (Å²) in [5.41, 5.74) is 2.81. The van der Waals surface area contributed by atoms with Crippen molar-refractivity contribution in [2.75, 3.05) is 30.1 Å². The third kappa shape index (κ3) is 6.42. The molecule has 1 saturated carbocycles. The maximum absolute atomic E-state index is 13.3. The summed E-state index contributed by atoms with van der Waals surface area (Å²) < 4.78 is 33.5. The van der Waals surface area contributed by atoms with Crippen LogP contribution >= 0.6 is 40.2 Å². The number of fused-ring (bicyclic) bond motifs is 1. The molecule has 1 amide bonds. The second-order valence-corrected chi connectivity index (χ2v) is 11.2. The van der Waals surface area contributed by atoms with Crippen molar-refractivity contribution in [3.05, 3.63) is 36.2 Å². The molecule has 3 aromatic rings. The van der Waals surface area contributed by atoms with E-state index in [2.05, 4.69) is 42.6 Å². The molecule has 188 valence electrons. The Hall–Kier alpha value is -1.56. The number of pyridine rings is 1. The molecule has 1 aliphatic carbocycles. The van der Waals surface area contributed by atoms with Crippen molar-refractivity contribution >= 4 is 74.4 Å². The van der Waals surface area contributed by atoms with Crippen LogP contribution in [0.25, 0.3) is 11.2 Å². The number of carbonyl (C=O) groups is 1. The van der Waals surface area contributed by atoms with E-state index < -0.39 is 24.2 Å². The molecule has 2 atom stereocenters. The van der Waals surface area contributed by atoms with Crippen molar-refractivity contribution in [3.63, 3.8) is 0 Å². The largest absolute Gasteiger partial charge is 0.381 e. The number of nitrogens with one attached hydrogen (secondary N) is 2. The van der Waals surface area contributed by atoms with Gasteiger partial charge in [0.1, 0.15) is 23.1 Å². The Balaban J connectivity index is 0.000000421. The van der Waals surface area contributed by atoms with Gasteiger partial charge in [0.15, 0.2) is 5.65 Å². The molecule has 2 fully saturated rings. The van der Waals surface area contributed by atoms with Crippen molar-refractivity contribution < 1.29 is 18.3 Å². The van der Waals surface area contributed by atoms with Crippen LogP contribution in [-0.2, 0) is 9.53 Å². The number of ether oxygens (including phenoxy) is 1. The van der Waals surface area contributed by atoms with Gasteiger partial charge in [0, 0.05) is 30.6 Å². The molecule has 1 aliphatic heterocycles. The van der Waals surface area contributed by atoms with E-state index in [0.29, 0.717) is 23.2 Å². The summed E-state index contributed by atoms with van der Waals surface area (Å²) in [4.78, 5) is 22.3. The maximum Gasteiger partial charge on any atom is 0.260 e. The first-order valence-electron chi connectivity index (χ1n) is 11.3. The van der Waals surface area contributed by atoms with Gasteiger partial charge in [-0.25, -0.2) is 18.7 Å². The highest BCUT2D eigenvalue weighted by molar-refractivity contribution is 14.2. The van der Waals surface area contributed by atoms with E-state index in [9.17, 15) is 13.6 Å². The summed E-state index contributed by atoms with van der Waals surface area (Å²) in [5.74, 6) is -3.90. The molecule has 2 aromatic heterocycles. The standard InChI is InChI=1S/C18H17F2IN5OPS.C5H10O/c1-9-22-15-12(23-11-5-3-4-6-13(11)29-2)7-14(24-16(15)26(9)28-21)25-17(27)10-8-18(10,19)20;1-2-4-6-5-3-1/h3-7,10,28H,8H2,1-2H3,(H2,23,24,25,27);1-5H2. The molecule has 1 saturated heterocycles. The molecule has 2 aliphatic rings. The van der Waals surface area contributed by atoms with E-state index in [4.69, 9.17) is 4.74 Å². The van der Waals surface area contributed by atoms with Gasteiger partial charge < -0.3 is 15.4 Å². The predicted octanol–water partition coefficient (Wildman–Crippen LogP) is 6.78. The van der Waals surface area contributed by atoms with Gasteiger partial charge in [0.2, 0.25) is 5.91 Å². The molecular weight excluding hydrogens is 606 g/mol. The molecule has 2 N–H and O–H groups in total. The Labute approximate surface area is 221 Å². The highest BCUT2D eigenvalue weighted by atomic mass is 127. The fourth-order valence-corrected chi connectivity index (χ4v) is 6.40. The Bertz CT molecular complexity index is 1200. The monoisotopic (exact) mass is 633 g/mol. The number of halogens is 3. The van der Waals surface area contributed by atoms with Crippen molar-refractivity contribution in [3.8, 4) is 0 Å². The van der Waals surface area contributed by atoms with Gasteiger partial charge in [-0.1, -0.05) is 12.1 Å². The Morgan fingerprint density at radius 2 is 1.94 bits per heavy atom. The molecule has 2 unspecified atom stereocenters. The normalized spacial score (nSPS) is 18.8. The maximum atomic E-state index is 13.3. The quantitative estimate of drug-likeness (QED) is 0.177. The molecule has 0 radical (unpaired) electrons. The number of rotatable bonds is 6. The zero-order valence-corrected chi connectivity index (χ0v) is 23.4. The minimum atomic E-state index is -2.92. The van der Waals surface area contributed by atoms with Crippen LogP contribution in [-0.4, -0.2) is 45.6 Å². The second-order valence-electron chi connectivity index (χ2n) is 8.31. The lowest BCUT2D eigenvalue weighted by atomic mass is 10.2. The predicted molar refractivity (Wildman–Crippen MR) is 148 cm³/mol. The molecule has 1 aromatic carbocycles. The van der Waals surface area contributed by atoms with Crippen molar-refractivity contribution in [2.45, 2.75) is 43.4 Å². The highest BCUT2D eigenvalue weighted by Gasteiger charge is 2.61. The first-order valence-corrected chi connectivity index (χ1v) is 16.6. The topological polar surface area (TPSA) is 81.1 Å². The lowest BCUT2D eigenvalue weighted by Gasteiger charge is -2.13. The summed E-state index contributed by atoms with van der Waals surface area (Å²) in [6.07, 6.45) is 5.86. The molecule has 3 heterocycles. The molecule has 5 rings (SSSR count). The van der Waals surface area contributed by atoms with E-state index in [-0.39, 0.29) is 5.82 Å². The van der Waals surface area contributed by atoms with Gasteiger partial charge in [-0.2, -0.15) is 0 Å². The van der Waals surface area contributed by atoms with Gasteiger partial charge in [0.25, 0.3) is 5.92 Å². The first kappa shape index (κ1) is 26.5. The van der Waals surface area contributed by atoms with Gasteiger partial charge in [0.05, 0.1) is 17.7 Å². The first-order chi connectivity index (χ1) is 16.8. The average Bonchev–Trinajstić information content (AvgIpc) is 3.38. The highest BCUT2D eigenvalue weighted by Crippen LogP contribution is 2.49. The van der Waals surface area contributed by atoms with Gasteiger partial charge in [-0.05, 0) is 66.6 Å². The van der Waals surface area contributed by atoms with E-state index in [0.717, 1.165) is 29.6 Å².